The highest BCUT2D eigenvalue weighted by Crippen LogP contribution is 2.12. The van der Waals surface area contributed by atoms with E-state index in [1.54, 1.807) is 10.9 Å². The SMILES string of the molecule is Nc1cccc(Cn2cnc3nc(N)[nH]c(=O)c32)c1. The van der Waals surface area contributed by atoms with Crippen LogP contribution in [-0.4, -0.2) is 19.5 Å². The summed E-state index contributed by atoms with van der Waals surface area (Å²) in [4.78, 5) is 22.4. The molecule has 7 nitrogen and oxygen atoms in total. The van der Waals surface area contributed by atoms with Crippen LogP contribution in [0.2, 0.25) is 0 Å². The maximum atomic E-state index is 11.9. The van der Waals surface area contributed by atoms with E-state index >= 15 is 0 Å². The zero-order valence-electron chi connectivity index (χ0n) is 10.00. The van der Waals surface area contributed by atoms with Gasteiger partial charge >= 0.3 is 0 Å². The second-order valence-corrected chi connectivity index (χ2v) is 4.24. The molecular formula is C12H12N6O. The van der Waals surface area contributed by atoms with Crippen LogP contribution in [0.4, 0.5) is 11.6 Å². The number of aromatic nitrogens is 4. The first-order chi connectivity index (χ1) is 9.13. The van der Waals surface area contributed by atoms with Gasteiger partial charge in [-0.2, -0.15) is 4.98 Å². The molecule has 0 fully saturated rings. The molecule has 0 atom stereocenters. The molecule has 0 spiro atoms. The van der Waals surface area contributed by atoms with Crippen molar-refractivity contribution in [2.75, 3.05) is 11.5 Å². The molecule has 5 N–H and O–H groups in total. The Balaban J connectivity index is 2.09. The number of nitrogens with two attached hydrogens (primary N) is 2. The standard InChI is InChI=1S/C12H12N6O/c13-8-3-1-2-7(4-8)5-18-6-15-10-9(18)11(19)17-12(14)16-10/h1-4,6H,5,13H2,(H3,14,16,17,19). The highest BCUT2D eigenvalue weighted by molar-refractivity contribution is 5.70. The number of hydrogen-bond donors (Lipinski definition) is 3. The smallest absolute Gasteiger partial charge is 0.278 e. The molecule has 19 heavy (non-hydrogen) atoms. The quantitative estimate of drug-likeness (QED) is 0.571. The molecule has 96 valence electrons. The van der Waals surface area contributed by atoms with E-state index in [1.165, 1.54) is 0 Å². The van der Waals surface area contributed by atoms with Crippen LogP contribution in [0, 0.1) is 0 Å². The van der Waals surface area contributed by atoms with E-state index in [0.29, 0.717) is 23.4 Å². The van der Waals surface area contributed by atoms with Gasteiger partial charge in [0.1, 0.15) is 0 Å². The fourth-order valence-corrected chi connectivity index (χ4v) is 2.01. The van der Waals surface area contributed by atoms with Crippen molar-refractivity contribution < 1.29 is 0 Å². The summed E-state index contributed by atoms with van der Waals surface area (Å²) in [5, 5.41) is 0. The van der Waals surface area contributed by atoms with E-state index in [9.17, 15) is 4.79 Å². The summed E-state index contributed by atoms with van der Waals surface area (Å²) in [6, 6.07) is 7.46. The average Bonchev–Trinajstić information content (AvgIpc) is 2.72. The minimum Gasteiger partial charge on any atom is -0.399 e. The van der Waals surface area contributed by atoms with Gasteiger partial charge in [0.25, 0.3) is 5.56 Å². The van der Waals surface area contributed by atoms with Gasteiger partial charge in [0.05, 0.1) is 6.33 Å². The number of imidazole rings is 1. The summed E-state index contributed by atoms with van der Waals surface area (Å²) in [5.74, 6) is 0.0618. The van der Waals surface area contributed by atoms with E-state index in [-0.39, 0.29) is 11.5 Å². The molecule has 0 aliphatic heterocycles. The van der Waals surface area contributed by atoms with Crippen molar-refractivity contribution in [2.45, 2.75) is 6.54 Å². The fraction of sp³-hybridized carbons (Fsp3) is 0.0833. The van der Waals surface area contributed by atoms with E-state index in [2.05, 4.69) is 15.0 Å². The van der Waals surface area contributed by atoms with Gasteiger partial charge in [0.15, 0.2) is 11.2 Å². The predicted molar refractivity (Wildman–Crippen MR) is 72.5 cm³/mol. The minimum absolute atomic E-state index is 0.0618. The van der Waals surface area contributed by atoms with Crippen LogP contribution in [0.1, 0.15) is 5.56 Å². The molecule has 7 heteroatoms. The highest BCUT2D eigenvalue weighted by atomic mass is 16.1. The Hall–Kier alpha value is -2.83. The van der Waals surface area contributed by atoms with Crippen LogP contribution in [0.25, 0.3) is 11.2 Å². The van der Waals surface area contributed by atoms with Gasteiger partial charge in [-0.25, -0.2) is 4.98 Å². The summed E-state index contributed by atoms with van der Waals surface area (Å²) in [5.41, 5.74) is 13.3. The lowest BCUT2D eigenvalue weighted by Crippen LogP contribution is -2.14. The van der Waals surface area contributed by atoms with Crippen LogP contribution in [0.15, 0.2) is 35.4 Å². The Morgan fingerprint density at radius 1 is 1.32 bits per heavy atom. The van der Waals surface area contributed by atoms with Gasteiger partial charge in [-0.15, -0.1) is 0 Å². The third-order valence-electron chi connectivity index (χ3n) is 2.81. The van der Waals surface area contributed by atoms with Crippen LogP contribution >= 0.6 is 0 Å². The molecule has 3 rings (SSSR count). The summed E-state index contributed by atoms with van der Waals surface area (Å²) in [6.45, 7) is 0.496. The van der Waals surface area contributed by atoms with Crippen molar-refractivity contribution >= 4 is 22.8 Å². The molecule has 3 aromatic rings. The number of benzene rings is 1. The Kier molecular flexibility index (Phi) is 2.45. The first kappa shape index (κ1) is 11.3. The zero-order valence-corrected chi connectivity index (χ0v) is 10.00. The average molecular weight is 256 g/mol. The number of nitrogen functional groups attached to an aromatic ring is 2. The summed E-state index contributed by atoms with van der Waals surface area (Å²) in [7, 11) is 0. The first-order valence-corrected chi connectivity index (χ1v) is 5.68. The highest BCUT2D eigenvalue weighted by Gasteiger charge is 2.09. The van der Waals surface area contributed by atoms with Crippen molar-refractivity contribution in [3.05, 3.63) is 46.5 Å². The Morgan fingerprint density at radius 2 is 2.16 bits per heavy atom. The zero-order chi connectivity index (χ0) is 13.4. The number of hydrogen-bond acceptors (Lipinski definition) is 5. The number of anilines is 2. The van der Waals surface area contributed by atoms with Crippen LogP contribution in [0.3, 0.4) is 0 Å². The second kappa shape index (κ2) is 4.13. The monoisotopic (exact) mass is 256 g/mol. The third kappa shape index (κ3) is 2.01. The van der Waals surface area contributed by atoms with Crippen molar-refractivity contribution in [2.24, 2.45) is 0 Å². The van der Waals surface area contributed by atoms with E-state index < -0.39 is 0 Å². The number of nitrogens with zero attached hydrogens (tertiary/aromatic N) is 3. The Bertz CT molecular complexity index is 803. The van der Waals surface area contributed by atoms with Crippen LogP contribution < -0.4 is 17.0 Å². The Labute approximate surface area is 107 Å². The van der Waals surface area contributed by atoms with Gasteiger partial charge < -0.3 is 16.0 Å². The Morgan fingerprint density at radius 3 is 2.95 bits per heavy atom. The molecule has 0 bridgehead atoms. The largest absolute Gasteiger partial charge is 0.399 e. The van der Waals surface area contributed by atoms with Crippen molar-refractivity contribution in [3.63, 3.8) is 0 Å². The normalized spacial score (nSPS) is 10.9. The van der Waals surface area contributed by atoms with Gasteiger partial charge in [0.2, 0.25) is 5.95 Å². The number of fused-ring (bicyclic) bond motifs is 1. The fourth-order valence-electron chi connectivity index (χ4n) is 2.01. The topological polar surface area (TPSA) is 116 Å². The lowest BCUT2D eigenvalue weighted by molar-refractivity contribution is 0.820. The summed E-state index contributed by atoms with van der Waals surface area (Å²) < 4.78 is 1.72. The molecule has 0 aliphatic carbocycles. The van der Waals surface area contributed by atoms with Crippen LogP contribution in [0.5, 0.6) is 0 Å². The molecule has 0 unspecified atom stereocenters. The molecular weight excluding hydrogens is 244 g/mol. The maximum Gasteiger partial charge on any atom is 0.278 e. The molecule has 0 amide bonds. The number of nitrogens with one attached hydrogen (secondary N) is 1. The lowest BCUT2D eigenvalue weighted by Gasteiger charge is -2.04. The number of aromatic amines is 1. The van der Waals surface area contributed by atoms with Crippen molar-refractivity contribution in [1.29, 1.82) is 0 Å². The molecule has 1 aromatic carbocycles. The number of rotatable bonds is 2. The molecule has 2 heterocycles. The minimum atomic E-state index is -0.302. The summed E-state index contributed by atoms with van der Waals surface area (Å²) >= 11 is 0. The van der Waals surface area contributed by atoms with Gasteiger partial charge in [-0.1, -0.05) is 12.1 Å². The predicted octanol–water partition coefficient (Wildman–Crippen LogP) is 0.332. The molecule has 0 aliphatic rings. The molecule has 0 saturated heterocycles. The van der Waals surface area contributed by atoms with Gasteiger partial charge in [-0.05, 0) is 17.7 Å². The van der Waals surface area contributed by atoms with Crippen molar-refractivity contribution in [1.82, 2.24) is 19.5 Å². The summed E-state index contributed by atoms with van der Waals surface area (Å²) in [6.07, 6.45) is 1.57. The van der Waals surface area contributed by atoms with E-state index in [1.807, 2.05) is 24.3 Å². The molecule has 0 radical (unpaired) electrons. The van der Waals surface area contributed by atoms with Crippen molar-refractivity contribution in [3.8, 4) is 0 Å². The second-order valence-electron chi connectivity index (χ2n) is 4.24. The lowest BCUT2D eigenvalue weighted by atomic mass is 10.2. The number of H-pyrrole nitrogens is 1. The molecule has 2 aromatic heterocycles. The molecule has 0 saturated carbocycles. The van der Waals surface area contributed by atoms with Gasteiger partial charge in [0, 0.05) is 12.2 Å². The third-order valence-corrected chi connectivity index (χ3v) is 2.81. The first-order valence-electron chi connectivity index (χ1n) is 5.68. The van der Waals surface area contributed by atoms with Crippen LogP contribution in [-0.2, 0) is 6.54 Å². The van der Waals surface area contributed by atoms with Gasteiger partial charge in [-0.3, -0.25) is 9.78 Å². The van der Waals surface area contributed by atoms with E-state index in [4.69, 9.17) is 11.5 Å². The maximum absolute atomic E-state index is 11.9. The van der Waals surface area contributed by atoms with E-state index in [0.717, 1.165) is 5.56 Å².